The van der Waals surface area contributed by atoms with Crippen LogP contribution >= 0.6 is 0 Å². The van der Waals surface area contributed by atoms with Crippen LogP contribution in [-0.2, 0) is 19.1 Å². The Morgan fingerprint density at radius 2 is 1.96 bits per heavy atom. The molecule has 2 fully saturated rings. The molecular formula is C18H30N2O4. The molecule has 5 atom stereocenters. The molecule has 2 aliphatic rings. The van der Waals surface area contributed by atoms with Crippen LogP contribution in [0.1, 0.15) is 59.8 Å². The maximum Gasteiger partial charge on any atom is 0.302 e. The average Bonchev–Trinajstić information content (AvgIpc) is 2.80. The Morgan fingerprint density at radius 1 is 1.25 bits per heavy atom. The number of esters is 2. The Bertz CT molecular complexity index is 519. The van der Waals surface area contributed by atoms with Crippen LogP contribution < -0.4 is 5.84 Å². The van der Waals surface area contributed by atoms with E-state index in [1.54, 1.807) is 0 Å². The minimum Gasteiger partial charge on any atom is -0.466 e. The van der Waals surface area contributed by atoms with Crippen molar-refractivity contribution >= 4 is 17.7 Å². The molecule has 2 saturated carbocycles. The zero-order valence-electron chi connectivity index (χ0n) is 15.2. The summed E-state index contributed by atoms with van der Waals surface area (Å²) in [5.41, 5.74) is 0.910. The number of ether oxygens (including phenoxy) is 2. The predicted molar refractivity (Wildman–Crippen MR) is 91.1 cm³/mol. The van der Waals surface area contributed by atoms with Crippen molar-refractivity contribution in [3.05, 3.63) is 0 Å². The first kappa shape index (κ1) is 18.7. The highest BCUT2D eigenvalue weighted by atomic mass is 16.5. The standard InChI is InChI=1S/C18H30N2O4/c1-11-9-18(4)15(6-8-17(18)20-19)14(10-23-12(2)21)5-7-16(11)24-13(3)22/h11,14-16H,5-10,19H2,1-4H3/b20-17+/t11-,14-,15-,16-,18-/m1/s1. The molecule has 0 heterocycles. The summed E-state index contributed by atoms with van der Waals surface area (Å²) < 4.78 is 10.9. The monoisotopic (exact) mass is 338 g/mol. The molecular weight excluding hydrogens is 308 g/mol. The first-order chi connectivity index (χ1) is 11.3. The van der Waals surface area contributed by atoms with Crippen LogP contribution in [0.5, 0.6) is 0 Å². The Kier molecular flexibility index (Phi) is 5.88. The van der Waals surface area contributed by atoms with Crippen molar-refractivity contribution in [2.24, 2.45) is 34.1 Å². The van der Waals surface area contributed by atoms with Gasteiger partial charge in [0.15, 0.2) is 0 Å². The van der Waals surface area contributed by atoms with Gasteiger partial charge in [-0.25, -0.2) is 0 Å². The quantitative estimate of drug-likeness (QED) is 0.485. The number of carbonyl (C=O) groups is 2. The Hall–Kier alpha value is -1.59. The molecule has 2 N–H and O–H groups in total. The number of nitrogens with zero attached hydrogens (tertiary/aromatic N) is 1. The molecule has 0 saturated heterocycles. The van der Waals surface area contributed by atoms with Gasteiger partial charge in [-0.2, -0.15) is 5.10 Å². The number of hydrazone groups is 1. The molecule has 0 spiro atoms. The van der Waals surface area contributed by atoms with Gasteiger partial charge in [0.05, 0.1) is 6.61 Å². The number of hydrogen-bond acceptors (Lipinski definition) is 6. The SMILES string of the molecule is CC(=O)OC[C@H]1CC[C@@H](OC(C)=O)[C@H](C)C[C@@]2(C)/C(=N/N)CC[C@H]12. The van der Waals surface area contributed by atoms with Gasteiger partial charge in [-0.05, 0) is 49.9 Å². The molecule has 0 unspecified atom stereocenters. The molecule has 6 nitrogen and oxygen atoms in total. The van der Waals surface area contributed by atoms with Gasteiger partial charge in [0.1, 0.15) is 6.10 Å². The van der Waals surface area contributed by atoms with Crippen molar-refractivity contribution in [3.63, 3.8) is 0 Å². The van der Waals surface area contributed by atoms with Crippen LogP contribution in [0.2, 0.25) is 0 Å². The molecule has 136 valence electrons. The summed E-state index contributed by atoms with van der Waals surface area (Å²) in [7, 11) is 0. The molecule has 6 heteroatoms. The normalized spacial score (nSPS) is 38.1. The van der Waals surface area contributed by atoms with E-state index in [2.05, 4.69) is 18.9 Å². The summed E-state index contributed by atoms with van der Waals surface area (Å²) in [6, 6.07) is 0. The first-order valence-electron chi connectivity index (χ1n) is 8.85. The molecule has 24 heavy (non-hydrogen) atoms. The number of nitrogens with two attached hydrogens (primary N) is 1. The third-order valence-corrected chi connectivity index (χ3v) is 5.92. The largest absolute Gasteiger partial charge is 0.466 e. The summed E-state index contributed by atoms with van der Waals surface area (Å²) >= 11 is 0. The summed E-state index contributed by atoms with van der Waals surface area (Å²) in [5.74, 6) is 6.03. The van der Waals surface area contributed by atoms with E-state index >= 15 is 0 Å². The molecule has 0 aromatic rings. The predicted octanol–water partition coefficient (Wildman–Crippen LogP) is 2.65. The topological polar surface area (TPSA) is 91.0 Å². The van der Waals surface area contributed by atoms with Crippen molar-refractivity contribution in [1.82, 2.24) is 0 Å². The van der Waals surface area contributed by atoms with Crippen LogP contribution in [0.4, 0.5) is 0 Å². The van der Waals surface area contributed by atoms with E-state index < -0.39 is 0 Å². The third kappa shape index (κ3) is 3.90. The van der Waals surface area contributed by atoms with Gasteiger partial charge >= 0.3 is 11.9 Å². The van der Waals surface area contributed by atoms with Crippen molar-refractivity contribution < 1.29 is 19.1 Å². The zero-order chi connectivity index (χ0) is 17.9. The average molecular weight is 338 g/mol. The number of fused-ring (bicyclic) bond motifs is 1. The van der Waals surface area contributed by atoms with Gasteiger partial charge in [0.25, 0.3) is 0 Å². The Labute approximate surface area is 144 Å². The van der Waals surface area contributed by atoms with E-state index in [0.29, 0.717) is 12.5 Å². The van der Waals surface area contributed by atoms with Crippen molar-refractivity contribution in [3.8, 4) is 0 Å². The summed E-state index contributed by atoms with van der Waals surface area (Å²) in [6.07, 6.45) is 4.34. The number of rotatable bonds is 3. The third-order valence-electron chi connectivity index (χ3n) is 5.92. The second-order valence-electron chi connectivity index (χ2n) is 7.61. The summed E-state index contributed by atoms with van der Waals surface area (Å²) in [4.78, 5) is 22.7. The maximum absolute atomic E-state index is 11.4. The van der Waals surface area contributed by atoms with Crippen LogP contribution in [-0.4, -0.2) is 30.4 Å². The van der Waals surface area contributed by atoms with Crippen molar-refractivity contribution in [2.75, 3.05) is 6.61 Å². The highest BCUT2D eigenvalue weighted by Crippen LogP contribution is 2.52. The van der Waals surface area contributed by atoms with Gasteiger partial charge in [-0.15, -0.1) is 0 Å². The van der Waals surface area contributed by atoms with Crippen LogP contribution in [0.25, 0.3) is 0 Å². The van der Waals surface area contributed by atoms with E-state index in [9.17, 15) is 9.59 Å². The van der Waals surface area contributed by atoms with Crippen LogP contribution in [0.3, 0.4) is 0 Å². The fourth-order valence-electron chi connectivity index (χ4n) is 4.82. The molecule has 2 rings (SSSR count). The Morgan fingerprint density at radius 3 is 2.54 bits per heavy atom. The van der Waals surface area contributed by atoms with Crippen LogP contribution in [0.15, 0.2) is 5.10 Å². The lowest BCUT2D eigenvalue weighted by Crippen LogP contribution is -2.42. The van der Waals surface area contributed by atoms with Crippen molar-refractivity contribution in [1.29, 1.82) is 0 Å². The van der Waals surface area contributed by atoms with Crippen LogP contribution in [0, 0.1) is 23.2 Å². The molecule has 0 aromatic carbocycles. The number of carbonyl (C=O) groups excluding carboxylic acids is 2. The van der Waals surface area contributed by atoms with Gasteiger partial charge in [0.2, 0.25) is 0 Å². The Balaban J connectivity index is 2.27. The molecule has 0 aromatic heterocycles. The highest BCUT2D eigenvalue weighted by molar-refractivity contribution is 5.92. The number of hydrogen-bond donors (Lipinski definition) is 1. The lowest BCUT2D eigenvalue weighted by molar-refractivity contribution is -0.151. The minimum absolute atomic E-state index is 0.111. The molecule has 2 aliphatic carbocycles. The van der Waals surface area contributed by atoms with E-state index in [1.165, 1.54) is 13.8 Å². The molecule has 0 bridgehead atoms. The highest BCUT2D eigenvalue weighted by Gasteiger charge is 2.50. The smallest absolute Gasteiger partial charge is 0.302 e. The summed E-state index contributed by atoms with van der Waals surface area (Å²) in [5, 5.41) is 4.07. The second kappa shape index (κ2) is 7.53. The molecule has 0 radical (unpaired) electrons. The van der Waals surface area contributed by atoms with Crippen molar-refractivity contribution in [2.45, 2.75) is 65.9 Å². The van der Waals surface area contributed by atoms with E-state index in [4.69, 9.17) is 15.3 Å². The maximum atomic E-state index is 11.4. The van der Waals surface area contributed by atoms with Gasteiger partial charge in [0, 0.05) is 25.0 Å². The summed E-state index contributed by atoms with van der Waals surface area (Å²) in [6.45, 7) is 7.65. The lowest BCUT2D eigenvalue weighted by Gasteiger charge is -2.42. The first-order valence-corrected chi connectivity index (χ1v) is 8.85. The molecule has 0 amide bonds. The zero-order valence-corrected chi connectivity index (χ0v) is 15.2. The van der Waals surface area contributed by atoms with Gasteiger partial charge < -0.3 is 15.3 Å². The fourth-order valence-corrected chi connectivity index (χ4v) is 4.82. The minimum atomic E-state index is -0.255. The fraction of sp³-hybridized carbons (Fsp3) is 0.833. The van der Waals surface area contributed by atoms with E-state index in [0.717, 1.165) is 37.8 Å². The second-order valence-corrected chi connectivity index (χ2v) is 7.61. The van der Waals surface area contributed by atoms with E-state index in [1.807, 2.05) is 0 Å². The van der Waals surface area contributed by atoms with E-state index in [-0.39, 0.29) is 35.3 Å². The van der Waals surface area contributed by atoms with Gasteiger partial charge in [-0.3, -0.25) is 9.59 Å². The molecule has 0 aliphatic heterocycles. The lowest BCUT2D eigenvalue weighted by atomic mass is 9.64. The van der Waals surface area contributed by atoms with Gasteiger partial charge in [-0.1, -0.05) is 13.8 Å².